The average molecular weight is 192 g/mol. The van der Waals surface area contributed by atoms with Crippen LogP contribution in [0.4, 0.5) is 0 Å². The van der Waals surface area contributed by atoms with E-state index in [1.807, 2.05) is 0 Å². The molecule has 0 radical (unpaired) electrons. The Hall–Kier alpha value is -0.180. The minimum absolute atomic E-state index is 0.0855. The summed E-state index contributed by atoms with van der Waals surface area (Å²) in [7, 11) is -4.12. The molecule has 0 aromatic rings. The molecule has 1 aliphatic carbocycles. The van der Waals surface area contributed by atoms with Gasteiger partial charge in [-0.3, -0.25) is 9.36 Å². The van der Waals surface area contributed by atoms with Crippen molar-refractivity contribution in [1.82, 2.24) is 0 Å². The van der Waals surface area contributed by atoms with E-state index in [1.54, 1.807) is 0 Å². The van der Waals surface area contributed by atoms with Crippen LogP contribution in [-0.2, 0) is 9.36 Å². The maximum atomic E-state index is 11.2. The summed E-state index contributed by atoms with van der Waals surface area (Å²) in [4.78, 5) is 28.2. The number of hydrogen-bond acceptors (Lipinski definition) is 2. The first kappa shape index (κ1) is 9.90. The first-order chi connectivity index (χ1) is 5.49. The van der Waals surface area contributed by atoms with Crippen LogP contribution in [0.1, 0.15) is 25.7 Å². The molecule has 12 heavy (non-hydrogen) atoms. The minimum atomic E-state index is -4.12. The molecule has 1 rings (SSSR count). The lowest BCUT2D eigenvalue weighted by molar-refractivity contribution is -0.120. The Bertz CT molecular complexity index is 213. The van der Waals surface area contributed by atoms with Crippen molar-refractivity contribution in [3.8, 4) is 0 Å². The zero-order valence-electron chi connectivity index (χ0n) is 6.77. The lowest BCUT2D eigenvalue weighted by atomic mass is 10.0. The van der Waals surface area contributed by atoms with Gasteiger partial charge in [-0.25, -0.2) is 0 Å². The molecule has 0 aliphatic heterocycles. The Labute approximate surface area is 71.1 Å². The zero-order valence-corrected chi connectivity index (χ0v) is 7.67. The molecule has 0 bridgehead atoms. The molecule has 1 saturated carbocycles. The third-order valence-corrected chi connectivity index (χ3v) is 2.90. The van der Waals surface area contributed by atoms with E-state index >= 15 is 0 Å². The highest BCUT2D eigenvalue weighted by Gasteiger charge is 2.28. The summed E-state index contributed by atoms with van der Waals surface area (Å²) in [5, 5.41) is 0. The van der Waals surface area contributed by atoms with Crippen LogP contribution in [0, 0.1) is 5.92 Å². The maximum absolute atomic E-state index is 11.2. The van der Waals surface area contributed by atoms with Crippen LogP contribution in [0.15, 0.2) is 0 Å². The summed E-state index contributed by atoms with van der Waals surface area (Å²) in [5.74, 6) is -0.349. The van der Waals surface area contributed by atoms with Gasteiger partial charge in [-0.2, -0.15) is 0 Å². The van der Waals surface area contributed by atoms with Crippen molar-refractivity contribution in [2.24, 2.45) is 5.92 Å². The summed E-state index contributed by atoms with van der Waals surface area (Å²) in [6, 6.07) is 0. The van der Waals surface area contributed by atoms with Gasteiger partial charge in [-0.05, 0) is 12.8 Å². The number of carbonyl (C=O) groups excluding carboxylic acids is 1. The molecule has 2 N–H and O–H groups in total. The van der Waals surface area contributed by atoms with E-state index in [1.165, 1.54) is 0 Å². The topological polar surface area (TPSA) is 74.6 Å². The molecule has 0 aromatic carbocycles. The smallest absolute Gasteiger partial charge is 0.324 e. The Morgan fingerprint density at radius 3 is 2.25 bits per heavy atom. The van der Waals surface area contributed by atoms with Crippen LogP contribution in [-0.4, -0.2) is 21.7 Å². The molecule has 0 amide bonds. The van der Waals surface area contributed by atoms with Crippen molar-refractivity contribution >= 4 is 13.4 Å². The fourth-order valence-electron chi connectivity index (χ4n) is 1.58. The van der Waals surface area contributed by atoms with Crippen LogP contribution >= 0.6 is 7.60 Å². The van der Waals surface area contributed by atoms with E-state index in [4.69, 9.17) is 9.79 Å². The molecule has 0 atom stereocenters. The molecule has 0 heterocycles. The van der Waals surface area contributed by atoms with Crippen LogP contribution in [0.5, 0.6) is 0 Å². The number of ketones is 1. The molecule has 0 spiro atoms. The first-order valence-corrected chi connectivity index (χ1v) is 5.86. The van der Waals surface area contributed by atoms with Gasteiger partial charge in [-0.15, -0.1) is 0 Å². The van der Waals surface area contributed by atoms with E-state index in [9.17, 15) is 9.36 Å². The van der Waals surface area contributed by atoms with Crippen molar-refractivity contribution in [2.75, 3.05) is 6.16 Å². The Morgan fingerprint density at radius 1 is 1.33 bits per heavy atom. The Balaban J connectivity index is 2.43. The highest BCUT2D eigenvalue weighted by molar-refractivity contribution is 7.52. The SMILES string of the molecule is O=C(CP(=O)(O)O)C1CCCC1. The second kappa shape index (κ2) is 3.69. The average Bonchev–Trinajstić information content (AvgIpc) is 2.32. The maximum Gasteiger partial charge on any atom is 0.332 e. The molecule has 0 aromatic heterocycles. The van der Waals surface area contributed by atoms with Crippen molar-refractivity contribution < 1.29 is 19.1 Å². The van der Waals surface area contributed by atoms with Gasteiger partial charge in [0.2, 0.25) is 0 Å². The largest absolute Gasteiger partial charge is 0.332 e. The van der Waals surface area contributed by atoms with Gasteiger partial charge in [0, 0.05) is 5.92 Å². The second-order valence-electron chi connectivity index (χ2n) is 3.27. The summed E-state index contributed by atoms with van der Waals surface area (Å²) < 4.78 is 10.5. The predicted molar refractivity (Wildman–Crippen MR) is 43.9 cm³/mol. The van der Waals surface area contributed by atoms with Gasteiger partial charge >= 0.3 is 7.60 Å². The molecular formula is C7H13O4P. The van der Waals surface area contributed by atoms with E-state index in [-0.39, 0.29) is 11.7 Å². The summed E-state index contributed by atoms with van der Waals surface area (Å²) >= 11 is 0. The van der Waals surface area contributed by atoms with E-state index in [2.05, 4.69) is 0 Å². The Morgan fingerprint density at radius 2 is 1.83 bits per heavy atom. The molecule has 4 nitrogen and oxygen atoms in total. The number of Topliss-reactive ketones (excluding diaryl/α,β-unsaturated/α-hetero) is 1. The number of hydrogen-bond donors (Lipinski definition) is 2. The molecule has 70 valence electrons. The van der Waals surface area contributed by atoms with Crippen molar-refractivity contribution in [1.29, 1.82) is 0 Å². The van der Waals surface area contributed by atoms with Crippen LogP contribution in [0.3, 0.4) is 0 Å². The third kappa shape index (κ3) is 3.05. The standard InChI is InChI=1S/C7H13O4P/c8-7(5-12(9,10)11)6-3-1-2-4-6/h6H,1-5H2,(H2,9,10,11). The van der Waals surface area contributed by atoms with Gasteiger partial charge in [0.05, 0.1) is 0 Å². The van der Waals surface area contributed by atoms with Gasteiger partial charge in [-0.1, -0.05) is 12.8 Å². The predicted octanol–water partition coefficient (Wildman–Crippen LogP) is 0.923. The number of carbonyl (C=O) groups is 1. The van der Waals surface area contributed by atoms with E-state index < -0.39 is 13.8 Å². The molecule has 1 fully saturated rings. The fraction of sp³-hybridized carbons (Fsp3) is 0.857. The minimum Gasteiger partial charge on any atom is -0.324 e. The van der Waals surface area contributed by atoms with E-state index in [0.29, 0.717) is 0 Å². The zero-order chi connectivity index (χ0) is 9.19. The molecule has 5 heteroatoms. The van der Waals surface area contributed by atoms with Crippen LogP contribution in [0.2, 0.25) is 0 Å². The molecule has 0 unspecified atom stereocenters. The lowest BCUT2D eigenvalue weighted by Gasteiger charge is -2.07. The lowest BCUT2D eigenvalue weighted by Crippen LogP contribution is -2.15. The van der Waals surface area contributed by atoms with Crippen molar-refractivity contribution in [3.05, 3.63) is 0 Å². The van der Waals surface area contributed by atoms with Crippen LogP contribution in [0.25, 0.3) is 0 Å². The van der Waals surface area contributed by atoms with Gasteiger partial charge in [0.15, 0.2) is 0 Å². The summed E-state index contributed by atoms with van der Waals surface area (Å²) in [5.41, 5.74) is 0. The highest BCUT2D eigenvalue weighted by Crippen LogP contribution is 2.37. The normalized spacial score (nSPS) is 19.8. The third-order valence-electron chi connectivity index (χ3n) is 2.17. The fourth-order valence-corrected chi connectivity index (χ4v) is 2.24. The van der Waals surface area contributed by atoms with Gasteiger partial charge in [0.25, 0.3) is 0 Å². The summed E-state index contributed by atoms with van der Waals surface area (Å²) in [6.45, 7) is 0. The molecule has 0 saturated heterocycles. The van der Waals surface area contributed by atoms with Crippen LogP contribution < -0.4 is 0 Å². The molecular weight excluding hydrogens is 179 g/mol. The van der Waals surface area contributed by atoms with Gasteiger partial charge < -0.3 is 9.79 Å². The van der Waals surface area contributed by atoms with Crippen molar-refractivity contribution in [3.63, 3.8) is 0 Å². The monoisotopic (exact) mass is 192 g/mol. The highest BCUT2D eigenvalue weighted by atomic mass is 31.2. The summed E-state index contributed by atoms with van der Waals surface area (Å²) in [6.07, 6.45) is 3.06. The second-order valence-corrected chi connectivity index (χ2v) is 4.92. The van der Waals surface area contributed by atoms with Gasteiger partial charge in [0.1, 0.15) is 11.9 Å². The first-order valence-electron chi connectivity index (χ1n) is 4.06. The van der Waals surface area contributed by atoms with E-state index in [0.717, 1.165) is 25.7 Å². The molecule has 1 aliphatic rings. The quantitative estimate of drug-likeness (QED) is 0.652. The van der Waals surface area contributed by atoms with Crippen molar-refractivity contribution in [2.45, 2.75) is 25.7 Å². The Kier molecular flexibility index (Phi) is 3.04. The number of rotatable bonds is 3.